The lowest BCUT2D eigenvalue weighted by molar-refractivity contribution is -0.140. The van der Waals surface area contributed by atoms with Crippen LogP contribution in [0.15, 0.2) is 0 Å². The van der Waals surface area contributed by atoms with E-state index in [9.17, 15) is 18.3 Å². The SMILES string of the molecule is CCN(CC)S(=O)(=O)N1C(C(=O)O)CSC1C1CC1. The molecule has 8 heteroatoms. The molecule has 2 atom stereocenters. The van der Waals surface area contributed by atoms with Crippen LogP contribution in [0, 0.1) is 5.92 Å². The first-order valence-electron chi connectivity index (χ1n) is 6.56. The number of rotatable bonds is 6. The first-order chi connectivity index (χ1) is 8.93. The van der Waals surface area contributed by atoms with Gasteiger partial charge in [-0.05, 0) is 18.8 Å². The van der Waals surface area contributed by atoms with Crippen molar-refractivity contribution in [1.82, 2.24) is 8.61 Å². The summed E-state index contributed by atoms with van der Waals surface area (Å²) < 4.78 is 27.8. The highest BCUT2D eigenvalue weighted by Crippen LogP contribution is 2.46. The van der Waals surface area contributed by atoms with Gasteiger partial charge in [0.2, 0.25) is 0 Å². The molecule has 110 valence electrons. The second kappa shape index (κ2) is 5.59. The lowest BCUT2D eigenvalue weighted by Crippen LogP contribution is -2.52. The molecule has 19 heavy (non-hydrogen) atoms. The highest BCUT2D eigenvalue weighted by Gasteiger charge is 2.52. The van der Waals surface area contributed by atoms with Crippen LogP contribution < -0.4 is 0 Å². The normalized spacial score (nSPS) is 29.0. The number of hydrogen-bond donors (Lipinski definition) is 1. The van der Waals surface area contributed by atoms with Crippen LogP contribution in [-0.4, -0.2) is 58.4 Å². The number of carbonyl (C=O) groups is 1. The molecule has 0 aromatic carbocycles. The Bertz CT molecular complexity index is 446. The molecule has 0 radical (unpaired) electrons. The zero-order chi connectivity index (χ0) is 14.2. The van der Waals surface area contributed by atoms with Gasteiger partial charge in [0.25, 0.3) is 10.2 Å². The Morgan fingerprint density at radius 2 is 1.95 bits per heavy atom. The molecular formula is C11H20N2O4S2. The van der Waals surface area contributed by atoms with Crippen molar-refractivity contribution < 1.29 is 18.3 Å². The molecule has 1 aliphatic heterocycles. The molecule has 2 fully saturated rings. The number of hydrogen-bond acceptors (Lipinski definition) is 4. The van der Waals surface area contributed by atoms with Gasteiger partial charge in [-0.3, -0.25) is 4.79 Å². The standard InChI is InChI=1S/C11H20N2O4S2/c1-3-12(4-2)19(16,17)13-9(11(14)15)7-18-10(13)8-5-6-8/h8-10H,3-7H2,1-2H3,(H,14,15). The summed E-state index contributed by atoms with van der Waals surface area (Å²) in [5.74, 6) is -0.386. The van der Waals surface area contributed by atoms with E-state index < -0.39 is 22.2 Å². The van der Waals surface area contributed by atoms with Gasteiger partial charge in [0.15, 0.2) is 0 Å². The third kappa shape index (κ3) is 2.76. The second-order valence-electron chi connectivity index (χ2n) is 4.84. The summed E-state index contributed by atoms with van der Waals surface area (Å²) in [4.78, 5) is 11.3. The molecule has 2 aliphatic rings. The summed E-state index contributed by atoms with van der Waals surface area (Å²) in [5.41, 5.74) is 0. The molecule has 1 saturated carbocycles. The molecule has 2 rings (SSSR count). The first-order valence-corrected chi connectivity index (χ1v) is 9.01. The van der Waals surface area contributed by atoms with Gasteiger partial charge in [-0.15, -0.1) is 11.8 Å². The molecule has 0 aromatic rings. The fourth-order valence-corrected chi connectivity index (χ4v) is 6.36. The quantitative estimate of drug-likeness (QED) is 0.786. The van der Waals surface area contributed by atoms with Crippen LogP contribution in [0.4, 0.5) is 0 Å². The topological polar surface area (TPSA) is 77.9 Å². The largest absolute Gasteiger partial charge is 0.480 e. The lowest BCUT2D eigenvalue weighted by Gasteiger charge is -2.31. The Morgan fingerprint density at radius 3 is 2.37 bits per heavy atom. The van der Waals surface area contributed by atoms with Crippen molar-refractivity contribution >= 4 is 27.9 Å². The zero-order valence-corrected chi connectivity index (χ0v) is 12.8. The highest BCUT2D eigenvalue weighted by atomic mass is 32.2. The predicted octanol–water partition coefficient (Wildman–Crippen LogP) is 0.811. The molecule has 1 heterocycles. The van der Waals surface area contributed by atoms with Crippen LogP contribution in [-0.2, 0) is 15.0 Å². The van der Waals surface area contributed by atoms with Crippen LogP contribution >= 0.6 is 11.8 Å². The first kappa shape index (κ1) is 15.1. The van der Waals surface area contributed by atoms with E-state index in [0.29, 0.717) is 24.8 Å². The third-order valence-electron chi connectivity index (χ3n) is 3.59. The molecular weight excluding hydrogens is 288 g/mol. The number of nitrogens with zero attached hydrogens (tertiary/aromatic N) is 2. The van der Waals surface area contributed by atoms with Gasteiger partial charge in [0.05, 0.1) is 5.37 Å². The van der Waals surface area contributed by atoms with Crippen molar-refractivity contribution in [2.75, 3.05) is 18.8 Å². The van der Waals surface area contributed by atoms with E-state index in [1.165, 1.54) is 20.4 Å². The van der Waals surface area contributed by atoms with Gasteiger partial charge in [0, 0.05) is 18.8 Å². The third-order valence-corrected chi connectivity index (χ3v) is 7.37. The van der Waals surface area contributed by atoms with E-state index in [4.69, 9.17) is 0 Å². The van der Waals surface area contributed by atoms with Crippen molar-refractivity contribution in [2.24, 2.45) is 5.92 Å². The molecule has 1 N–H and O–H groups in total. The van der Waals surface area contributed by atoms with Gasteiger partial charge in [-0.2, -0.15) is 17.0 Å². The maximum Gasteiger partial charge on any atom is 0.322 e. The van der Waals surface area contributed by atoms with E-state index in [1.807, 2.05) is 0 Å². The summed E-state index contributed by atoms with van der Waals surface area (Å²) >= 11 is 1.46. The number of carboxylic acids is 1. The summed E-state index contributed by atoms with van der Waals surface area (Å²) in [7, 11) is -3.68. The minimum atomic E-state index is -3.68. The lowest BCUT2D eigenvalue weighted by atomic mass is 10.3. The van der Waals surface area contributed by atoms with Crippen molar-refractivity contribution in [3.63, 3.8) is 0 Å². The Morgan fingerprint density at radius 1 is 1.37 bits per heavy atom. The average Bonchev–Trinajstić information content (AvgIpc) is 3.08. The van der Waals surface area contributed by atoms with Gasteiger partial charge in [0.1, 0.15) is 6.04 Å². The molecule has 2 unspecified atom stereocenters. The summed E-state index contributed by atoms with van der Waals surface area (Å²) in [6.45, 7) is 4.27. The van der Waals surface area contributed by atoms with Crippen LogP contribution in [0.25, 0.3) is 0 Å². The molecule has 0 bridgehead atoms. The smallest absolute Gasteiger partial charge is 0.322 e. The maximum absolute atomic E-state index is 12.6. The Hall–Kier alpha value is -0.310. The monoisotopic (exact) mass is 308 g/mol. The summed E-state index contributed by atoms with van der Waals surface area (Å²) in [6.07, 6.45) is 1.99. The van der Waals surface area contributed by atoms with E-state index in [-0.39, 0.29) is 5.37 Å². The van der Waals surface area contributed by atoms with Crippen LogP contribution in [0.3, 0.4) is 0 Å². The fraction of sp³-hybridized carbons (Fsp3) is 0.909. The van der Waals surface area contributed by atoms with E-state index in [1.54, 1.807) is 13.8 Å². The van der Waals surface area contributed by atoms with Crippen molar-refractivity contribution in [2.45, 2.75) is 38.1 Å². The average molecular weight is 308 g/mol. The minimum Gasteiger partial charge on any atom is -0.480 e. The van der Waals surface area contributed by atoms with E-state index in [0.717, 1.165) is 12.8 Å². The Balaban J connectivity index is 2.32. The molecule has 0 aromatic heterocycles. The molecule has 0 amide bonds. The fourth-order valence-electron chi connectivity index (χ4n) is 2.39. The molecule has 1 aliphatic carbocycles. The Labute approximate surface area is 118 Å². The van der Waals surface area contributed by atoms with Gasteiger partial charge in [-0.25, -0.2) is 0 Å². The highest BCUT2D eigenvalue weighted by molar-refractivity contribution is 8.01. The molecule has 1 saturated heterocycles. The molecule has 0 spiro atoms. The van der Waals surface area contributed by atoms with E-state index in [2.05, 4.69) is 0 Å². The van der Waals surface area contributed by atoms with Gasteiger partial charge >= 0.3 is 5.97 Å². The number of carboxylic acid groups (broad SMARTS) is 1. The van der Waals surface area contributed by atoms with Crippen molar-refractivity contribution in [3.8, 4) is 0 Å². The predicted molar refractivity (Wildman–Crippen MR) is 74.1 cm³/mol. The van der Waals surface area contributed by atoms with Gasteiger partial charge in [-0.1, -0.05) is 13.8 Å². The van der Waals surface area contributed by atoms with Crippen molar-refractivity contribution in [3.05, 3.63) is 0 Å². The number of aliphatic carboxylic acids is 1. The minimum absolute atomic E-state index is 0.202. The molecule has 6 nitrogen and oxygen atoms in total. The summed E-state index contributed by atoms with van der Waals surface area (Å²) in [6, 6.07) is -0.929. The Kier molecular flexibility index (Phi) is 4.44. The zero-order valence-electron chi connectivity index (χ0n) is 11.2. The van der Waals surface area contributed by atoms with Crippen molar-refractivity contribution in [1.29, 1.82) is 0 Å². The van der Waals surface area contributed by atoms with Crippen LogP contribution in [0.2, 0.25) is 0 Å². The van der Waals surface area contributed by atoms with Crippen LogP contribution in [0.5, 0.6) is 0 Å². The second-order valence-corrected chi connectivity index (χ2v) is 7.82. The number of thioether (sulfide) groups is 1. The summed E-state index contributed by atoms with van der Waals surface area (Å²) in [5, 5.41) is 9.05. The maximum atomic E-state index is 12.6. The van der Waals surface area contributed by atoms with Gasteiger partial charge < -0.3 is 5.11 Å². The van der Waals surface area contributed by atoms with Crippen LogP contribution in [0.1, 0.15) is 26.7 Å². The van der Waals surface area contributed by atoms with E-state index >= 15 is 0 Å².